The third-order valence-electron chi connectivity index (χ3n) is 5.31. The molecule has 1 aliphatic heterocycles. The number of rotatable bonds is 6. The van der Waals surface area contributed by atoms with Crippen LogP contribution in [0.25, 0.3) is 0 Å². The Morgan fingerprint density at radius 2 is 2.06 bits per heavy atom. The highest BCUT2D eigenvalue weighted by Crippen LogP contribution is 2.32. The summed E-state index contributed by atoms with van der Waals surface area (Å²) in [6, 6.07) is 4.72. The molecule has 3 rings (SSSR count). The number of hydrogen-bond donors (Lipinski definition) is 3. The molecule has 9 nitrogen and oxygen atoms in total. The Hall–Kier alpha value is -2.49. The number of ether oxygens (including phenoxy) is 2. The number of aliphatic hydroxyl groups is 1. The van der Waals surface area contributed by atoms with E-state index in [0.29, 0.717) is 40.5 Å². The molecule has 3 N–H and O–H groups in total. The highest BCUT2D eigenvalue weighted by molar-refractivity contribution is 6.35. The number of nitrogens with one attached hydrogen (secondary N) is 2. The molecular weight excluding hydrogens is 481 g/mol. The van der Waals surface area contributed by atoms with Gasteiger partial charge in [-0.3, -0.25) is 0 Å². The number of piperidine rings is 1. The van der Waals surface area contributed by atoms with Crippen LogP contribution in [0.1, 0.15) is 45.7 Å². The molecule has 0 saturated carbocycles. The molecule has 11 heteroatoms. The number of amides is 1. The first kappa shape index (κ1) is 26.1. The van der Waals surface area contributed by atoms with Crippen molar-refractivity contribution in [3.05, 3.63) is 40.0 Å². The summed E-state index contributed by atoms with van der Waals surface area (Å²) >= 11 is 12.4. The Balaban J connectivity index is 1.70. The summed E-state index contributed by atoms with van der Waals surface area (Å²) in [7, 11) is 1.54. The van der Waals surface area contributed by atoms with E-state index in [1.54, 1.807) is 46.2 Å². The number of benzene rings is 1. The molecule has 0 spiro atoms. The largest absolute Gasteiger partial charge is 0.491 e. The maximum Gasteiger partial charge on any atom is 0.407 e. The van der Waals surface area contributed by atoms with E-state index >= 15 is 0 Å². The zero-order valence-electron chi connectivity index (χ0n) is 19.9. The van der Waals surface area contributed by atoms with Crippen molar-refractivity contribution in [2.24, 2.45) is 0 Å². The van der Waals surface area contributed by atoms with Gasteiger partial charge in [0.1, 0.15) is 5.60 Å². The molecule has 1 aromatic carbocycles. The van der Waals surface area contributed by atoms with Gasteiger partial charge in [-0.25, -0.2) is 9.78 Å². The summed E-state index contributed by atoms with van der Waals surface area (Å²) in [5.74, 6) is 1.41. The number of methoxy groups -OCH3 is 1. The third-order valence-corrected chi connectivity index (χ3v) is 5.87. The Morgan fingerprint density at radius 1 is 1.32 bits per heavy atom. The van der Waals surface area contributed by atoms with Crippen molar-refractivity contribution < 1.29 is 19.4 Å². The number of nitrogens with zero attached hydrogens (tertiary/aromatic N) is 3. The number of alkyl carbamates (subject to hydrolysis) is 1. The second kappa shape index (κ2) is 10.8. The molecule has 2 heterocycles. The summed E-state index contributed by atoms with van der Waals surface area (Å²) in [5, 5.41) is 17.8. The van der Waals surface area contributed by atoms with E-state index in [1.807, 2.05) is 17.9 Å². The van der Waals surface area contributed by atoms with Crippen LogP contribution in [0.3, 0.4) is 0 Å². The standard InChI is InChI=1S/C23H31Cl2N5O4/c1-13(15-7-6-14(24)10-16(15)25)27-20-19(33-5)11-26-21(29-20)30-9-8-17(18(31)12-30)28-22(32)34-23(2,3)4/h6-7,10-11,13,17-18,31H,8-9,12H2,1-5H3,(H,28,32)(H,26,27,29)/t13?,17-,18-/m0/s1. The van der Waals surface area contributed by atoms with Gasteiger partial charge in [-0.05, 0) is 51.8 Å². The monoisotopic (exact) mass is 511 g/mol. The zero-order chi connectivity index (χ0) is 25.0. The molecule has 0 aliphatic carbocycles. The average molecular weight is 512 g/mol. The minimum atomic E-state index is -0.810. The predicted octanol–water partition coefficient (Wildman–Crippen LogP) is 4.43. The second-order valence-electron chi connectivity index (χ2n) is 9.17. The lowest BCUT2D eigenvalue weighted by Crippen LogP contribution is -2.55. The van der Waals surface area contributed by atoms with E-state index in [1.165, 1.54) is 0 Å². The van der Waals surface area contributed by atoms with Gasteiger partial charge in [0.2, 0.25) is 5.95 Å². The lowest BCUT2D eigenvalue weighted by molar-refractivity contribution is 0.0402. The van der Waals surface area contributed by atoms with Gasteiger partial charge in [-0.2, -0.15) is 4.98 Å². The van der Waals surface area contributed by atoms with E-state index in [0.717, 1.165) is 5.56 Å². The molecule has 1 amide bonds. The number of β-amino-alcohol motifs (C(OH)–C–C–N with tert-alkyl or cyclic N) is 1. The van der Waals surface area contributed by atoms with E-state index < -0.39 is 23.8 Å². The number of carbonyl (C=O) groups is 1. The van der Waals surface area contributed by atoms with Crippen LogP contribution < -0.4 is 20.3 Å². The van der Waals surface area contributed by atoms with Crippen molar-refractivity contribution in [2.75, 3.05) is 30.4 Å². The minimum Gasteiger partial charge on any atom is -0.491 e. The molecule has 3 atom stereocenters. The normalized spacial score (nSPS) is 19.4. The quantitative estimate of drug-likeness (QED) is 0.522. The van der Waals surface area contributed by atoms with Crippen molar-refractivity contribution in [3.63, 3.8) is 0 Å². The van der Waals surface area contributed by atoms with Gasteiger partial charge in [-0.1, -0.05) is 29.3 Å². The number of aromatic nitrogens is 2. The fourth-order valence-electron chi connectivity index (χ4n) is 3.64. The first-order chi connectivity index (χ1) is 16.0. The van der Waals surface area contributed by atoms with E-state index in [9.17, 15) is 9.90 Å². The summed E-state index contributed by atoms with van der Waals surface area (Å²) in [5.41, 5.74) is 0.251. The van der Waals surface area contributed by atoms with Crippen molar-refractivity contribution in [1.82, 2.24) is 15.3 Å². The maximum atomic E-state index is 12.1. The van der Waals surface area contributed by atoms with Gasteiger partial charge >= 0.3 is 6.09 Å². The van der Waals surface area contributed by atoms with Crippen LogP contribution in [-0.4, -0.2) is 59.1 Å². The average Bonchev–Trinajstić information content (AvgIpc) is 2.73. The minimum absolute atomic E-state index is 0.184. The fraction of sp³-hybridized carbons (Fsp3) is 0.522. The first-order valence-electron chi connectivity index (χ1n) is 11.0. The Kier molecular flexibility index (Phi) is 8.33. The number of carbonyl (C=O) groups excluding carboxylic acids is 1. The fourth-order valence-corrected chi connectivity index (χ4v) is 4.21. The second-order valence-corrected chi connectivity index (χ2v) is 10.0. The number of anilines is 2. The Morgan fingerprint density at radius 3 is 2.68 bits per heavy atom. The van der Waals surface area contributed by atoms with Crippen LogP contribution in [0.5, 0.6) is 5.75 Å². The van der Waals surface area contributed by atoms with Crippen molar-refractivity contribution >= 4 is 41.1 Å². The van der Waals surface area contributed by atoms with Gasteiger partial charge in [0.25, 0.3) is 0 Å². The molecule has 1 fully saturated rings. The smallest absolute Gasteiger partial charge is 0.407 e. The van der Waals surface area contributed by atoms with Gasteiger partial charge in [0, 0.05) is 23.1 Å². The Labute approximate surface area is 209 Å². The number of halogens is 2. The van der Waals surface area contributed by atoms with Gasteiger partial charge in [0.15, 0.2) is 11.6 Å². The first-order valence-corrected chi connectivity index (χ1v) is 11.8. The maximum absolute atomic E-state index is 12.1. The van der Waals surface area contributed by atoms with E-state index in [4.69, 9.17) is 32.7 Å². The van der Waals surface area contributed by atoms with Crippen molar-refractivity contribution in [1.29, 1.82) is 0 Å². The van der Waals surface area contributed by atoms with Crippen LogP contribution in [0.15, 0.2) is 24.4 Å². The van der Waals surface area contributed by atoms with Gasteiger partial charge < -0.3 is 30.1 Å². The molecule has 1 aromatic heterocycles. The molecule has 186 valence electrons. The Bertz CT molecular complexity index is 1020. The molecule has 0 radical (unpaired) electrons. The summed E-state index contributed by atoms with van der Waals surface area (Å²) in [6.07, 6.45) is 0.732. The summed E-state index contributed by atoms with van der Waals surface area (Å²) < 4.78 is 10.7. The molecule has 1 aliphatic rings. The molecule has 1 saturated heterocycles. The summed E-state index contributed by atoms with van der Waals surface area (Å²) in [4.78, 5) is 23.0. The predicted molar refractivity (Wildman–Crippen MR) is 133 cm³/mol. The molecule has 34 heavy (non-hydrogen) atoms. The lowest BCUT2D eigenvalue weighted by Gasteiger charge is -2.36. The van der Waals surface area contributed by atoms with Crippen LogP contribution >= 0.6 is 23.2 Å². The van der Waals surface area contributed by atoms with Gasteiger partial charge in [-0.15, -0.1) is 0 Å². The van der Waals surface area contributed by atoms with Crippen LogP contribution in [0.4, 0.5) is 16.6 Å². The van der Waals surface area contributed by atoms with Crippen LogP contribution in [0.2, 0.25) is 10.0 Å². The molecule has 1 unspecified atom stereocenters. The number of aliphatic hydroxyl groups excluding tert-OH is 1. The third kappa shape index (κ3) is 6.77. The topological polar surface area (TPSA) is 109 Å². The summed E-state index contributed by atoms with van der Waals surface area (Å²) in [6.45, 7) is 8.13. The van der Waals surface area contributed by atoms with Crippen LogP contribution in [-0.2, 0) is 4.74 Å². The molecule has 2 aromatic rings. The van der Waals surface area contributed by atoms with E-state index in [-0.39, 0.29) is 12.6 Å². The highest BCUT2D eigenvalue weighted by atomic mass is 35.5. The molecule has 0 bridgehead atoms. The number of hydrogen-bond acceptors (Lipinski definition) is 8. The highest BCUT2D eigenvalue weighted by Gasteiger charge is 2.31. The lowest BCUT2D eigenvalue weighted by atomic mass is 10.0. The van der Waals surface area contributed by atoms with Crippen molar-refractivity contribution in [3.8, 4) is 5.75 Å². The SMILES string of the molecule is COc1cnc(N2CC[C@H](NC(=O)OC(C)(C)C)[C@@H](O)C2)nc1NC(C)c1ccc(Cl)cc1Cl. The zero-order valence-corrected chi connectivity index (χ0v) is 21.4. The molecular formula is C23H31Cl2N5O4. The van der Waals surface area contributed by atoms with Crippen molar-refractivity contribution in [2.45, 2.75) is 57.9 Å². The van der Waals surface area contributed by atoms with E-state index in [2.05, 4.69) is 20.6 Å². The van der Waals surface area contributed by atoms with Gasteiger partial charge in [0.05, 0.1) is 31.5 Å². The van der Waals surface area contributed by atoms with Crippen LogP contribution in [0, 0.1) is 0 Å².